The predicted molar refractivity (Wildman–Crippen MR) is 123 cm³/mol. The third-order valence-corrected chi connectivity index (χ3v) is 4.70. The van der Waals surface area contributed by atoms with Crippen molar-refractivity contribution in [3.8, 4) is 11.4 Å². The summed E-state index contributed by atoms with van der Waals surface area (Å²) in [6.45, 7) is 9.14. The number of nitrogens with zero attached hydrogens (tertiary/aromatic N) is 3. The van der Waals surface area contributed by atoms with Crippen LogP contribution in [0.1, 0.15) is 23.1 Å². The van der Waals surface area contributed by atoms with Crippen molar-refractivity contribution in [2.45, 2.75) is 13.8 Å². The number of benzene rings is 2. The van der Waals surface area contributed by atoms with E-state index >= 15 is 0 Å². The van der Waals surface area contributed by atoms with Crippen LogP contribution >= 0.6 is 0 Å². The molecule has 1 aromatic heterocycles. The molecule has 0 unspecified atom stereocenters. The molecule has 0 spiro atoms. The molecule has 0 fully saturated rings. The van der Waals surface area contributed by atoms with Gasteiger partial charge in [0.1, 0.15) is 18.2 Å². The molecule has 7 nitrogen and oxygen atoms in total. The van der Waals surface area contributed by atoms with E-state index in [1.54, 1.807) is 49.4 Å². The van der Waals surface area contributed by atoms with Gasteiger partial charge in [-0.25, -0.2) is 4.98 Å². The van der Waals surface area contributed by atoms with Gasteiger partial charge in [0.05, 0.1) is 16.6 Å². The first kappa shape index (κ1) is 22.2. The Morgan fingerprint density at radius 2 is 2.00 bits per heavy atom. The summed E-state index contributed by atoms with van der Waals surface area (Å²) >= 11 is 0. The molecular formula is C24H28N4O3. The van der Waals surface area contributed by atoms with E-state index in [1.165, 1.54) is 4.57 Å². The fraction of sp³-hybridized carbons (Fsp3) is 0.292. The number of hydrogen-bond acceptors (Lipinski definition) is 5. The normalized spacial score (nSPS) is 11.0. The quantitative estimate of drug-likeness (QED) is 0.567. The number of carbonyl (C=O) groups excluding carboxylic acids is 1. The van der Waals surface area contributed by atoms with Crippen LogP contribution in [-0.4, -0.2) is 54.1 Å². The van der Waals surface area contributed by atoms with Crippen LogP contribution in [0.25, 0.3) is 16.6 Å². The van der Waals surface area contributed by atoms with Crippen molar-refractivity contribution in [2.75, 3.05) is 33.8 Å². The SMILES string of the molecule is C=C(C)COc1ccc2nc(C)n(-c3cccc(C(=O)NCCN(C)C)c3)c(=O)c2c1. The van der Waals surface area contributed by atoms with Gasteiger partial charge in [0, 0.05) is 18.7 Å². The van der Waals surface area contributed by atoms with E-state index < -0.39 is 0 Å². The largest absolute Gasteiger partial charge is 0.489 e. The zero-order valence-electron chi connectivity index (χ0n) is 18.4. The lowest BCUT2D eigenvalue weighted by molar-refractivity contribution is 0.0951. The van der Waals surface area contributed by atoms with Crippen LogP contribution in [-0.2, 0) is 0 Å². The minimum atomic E-state index is -0.214. The molecule has 162 valence electrons. The minimum Gasteiger partial charge on any atom is -0.489 e. The molecular weight excluding hydrogens is 392 g/mol. The highest BCUT2D eigenvalue weighted by molar-refractivity contribution is 5.94. The van der Waals surface area contributed by atoms with Crippen molar-refractivity contribution in [3.05, 3.63) is 76.4 Å². The first-order chi connectivity index (χ1) is 14.8. The molecule has 0 radical (unpaired) electrons. The van der Waals surface area contributed by atoms with Crippen LogP contribution in [0.2, 0.25) is 0 Å². The molecule has 2 aromatic carbocycles. The maximum absolute atomic E-state index is 13.3. The Hall–Kier alpha value is -3.45. The summed E-state index contributed by atoms with van der Waals surface area (Å²) in [6.07, 6.45) is 0. The highest BCUT2D eigenvalue weighted by Crippen LogP contribution is 2.19. The highest BCUT2D eigenvalue weighted by atomic mass is 16.5. The molecule has 0 aliphatic heterocycles. The van der Waals surface area contributed by atoms with Crippen molar-refractivity contribution < 1.29 is 9.53 Å². The van der Waals surface area contributed by atoms with Crippen molar-refractivity contribution in [1.82, 2.24) is 19.8 Å². The topological polar surface area (TPSA) is 76.5 Å². The molecule has 7 heteroatoms. The van der Waals surface area contributed by atoms with E-state index in [-0.39, 0.29) is 11.5 Å². The Kier molecular flexibility index (Phi) is 6.87. The van der Waals surface area contributed by atoms with Gasteiger partial charge >= 0.3 is 0 Å². The number of carbonyl (C=O) groups is 1. The van der Waals surface area contributed by atoms with Gasteiger partial charge in [-0.1, -0.05) is 12.6 Å². The number of amides is 1. The van der Waals surface area contributed by atoms with Gasteiger partial charge in [-0.05, 0) is 69.9 Å². The Morgan fingerprint density at radius 1 is 1.23 bits per heavy atom. The van der Waals surface area contributed by atoms with Crippen LogP contribution in [0.4, 0.5) is 0 Å². The number of ether oxygens (including phenoxy) is 1. The Bertz CT molecular complexity index is 1180. The number of aromatic nitrogens is 2. The third-order valence-electron chi connectivity index (χ3n) is 4.70. The van der Waals surface area contributed by atoms with Crippen molar-refractivity contribution in [3.63, 3.8) is 0 Å². The molecule has 0 aliphatic carbocycles. The van der Waals surface area contributed by atoms with Gasteiger partial charge in [-0.2, -0.15) is 0 Å². The summed E-state index contributed by atoms with van der Waals surface area (Å²) in [6, 6.07) is 12.2. The number of likely N-dealkylation sites (N-methyl/N-ethyl adjacent to an activating group) is 1. The second kappa shape index (κ2) is 9.57. The molecule has 0 bridgehead atoms. The smallest absolute Gasteiger partial charge is 0.266 e. The standard InChI is InChI=1S/C24H28N4O3/c1-16(2)15-31-20-9-10-22-21(14-20)24(30)28(17(3)26-22)19-8-6-7-18(13-19)23(29)25-11-12-27(4)5/h6-10,13-14H,1,11-12,15H2,2-5H3,(H,25,29). The summed E-state index contributed by atoms with van der Waals surface area (Å²) in [4.78, 5) is 32.4. The molecule has 3 aromatic rings. The second-order valence-electron chi connectivity index (χ2n) is 7.83. The number of aryl methyl sites for hydroxylation is 1. The molecule has 0 saturated carbocycles. The lowest BCUT2D eigenvalue weighted by atomic mass is 10.1. The first-order valence-electron chi connectivity index (χ1n) is 10.1. The number of hydrogen-bond donors (Lipinski definition) is 1. The predicted octanol–water partition coefficient (Wildman–Crippen LogP) is 2.94. The molecule has 0 atom stereocenters. The van der Waals surface area contributed by atoms with E-state index in [2.05, 4.69) is 16.9 Å². The molecule has 31 heavy (non-hydrogen) atoms. The lowest BCUT2D eigenvalue weighted by Gasteiger charge is -2.14. The zero-order chi connectivity index (χ0) is 22.5. The van der Waals surface area contributed by atoms with Crippen LogP contribution in [0.15, 0.2) is 59.4 Å². The molecule has 1 N–H and O–H groups in total. The van der Waals surface area contributed by atoms with Gasteiger partial charge in [-0.3, -0.25) is 14.2 Å². The maximum Gasteiger partial charge on any atom is 0.266 e. The second-order valence-corrected chi connectivity index (χ2v) is 7.83. The first-order valence-corrected chi connectivity index (χ1v) is 10.1. The van der Waals surface area contributed by atoms with Crippen molar-refractivity contribution >= 4 is 16.8 Å². The van der Waals surface area contributed by atoms with Crippen LogP contribution in [0, 0.1) is 6.92 Å². The summed E-state index contributed by atoms with van der Waals surface area (Å²) in [7, 11) is 3.90. The molecule has 1 amide bonds. The van der Waals surface area contributed by atoms with Gasteiger partial charge in [-0.15, -0.1) is 0 Å². The van der Waals surface area contributed by atoms with Crippen molar-refractivity contribution in [1.29, 1.82) is 0 Å². The third kappa shape index (κ3) is 5.38. The van der Waals surface area contributed by atoms with Crippen LogP contribution in [0.5, 0.6) is 5.75 Å². The fourth-order valence-corrected chi connectivity index (χ4v) is 3.16. The van der Waals surface area contributed by atoms with E-state index in [0.29, 0.717) is 46.9 Å². The Balaban J connectivity index is 1.97. The number of fused-ring (bicyclic) bond motifs is 1. The lowest BCUT2D eigenvalue weighted by Crippen LogP contribution is -2.31. The zero-order valence-corrected chi connectivity index (χ0v) is 18.4. The summed E-state index contributed by atoms with van der Waals surface area (Å²) in [5.74, 6) is 0.940. The van der Waals surface area contributed by atoms with E-state index in [9.17, 15) is 9.59 Å². The summed E-state index contributed by atoms with van der Waals surface area (Å²) in [5, 5.41) is 3.34. The molecule has 3 rings (SSSR count). The minimum absolute atomic E-state index is 0.182. The number of rotatable bonds is 8. The molecule has 0 aliphatic rings. The fourth-order valence-electron chi connectivity index (χ4n) is 3.16. The van der Waals surface area contributed by atoms with Crippen LogP contribution in [0.3, 0.4) is 0 Å². The molecule has 1 heterocycles. The van der Waals surface area contributed by atoms with Crippen molar-refractivity contribution in [2.24, 2.45) is 0 Å². The van der Waals surface area contributed by atoms with E-state index in [4.69, 9.17) is 4.74 Å². The summed E-state index contributed by atoms with van der Waals surface area (Å²) in [5.41, 5.74) is 2.35. The van der Waals surface area contributed by atoms with Gasteiger partial charge in [0.25, 0.3) is 11.5 Å². The maximum atomic E-state index is 13.3. The average Bonchev–Trinajstić information content (AvgIpc) is 2.72. The van der Waals surface area contributed by atoms with Gasteiger partial charge in [0.2, 0.25) is 0 Å². The van der Waals surface area contributed by atoms with Gasteiger partial charge < -0.3 is 15.0 Å². The average molecular weight is 421 g/mol. The Labute approximate surface area is 182 Å². The summed E-state index contributed by atoms with van der Waals surface area (Å²) < 4.78 is 7.19. The molecule has 0 saturated heterocycles. The van der Waals surface area contributed by atoms with E-state index in [0.717, 1.165) is 12.1 Å². The monoisotopic (exact) mass is 420 g/mol. The van der Waals surface area contributed by atoms with Gasteiger partial charge in [0.15, 0.2) is 0 Å². The van der Waals surface area contributed by atoms with Crippen LogP contribution < -0.4 is 15.6 Å². The number of nitrogens with one attached hydrogen (secondary N) is 1. The highest BCUT2D eigenvalue weighted by Gasteiger charge is 2.13. The Morgan fingerprint density at radius 3 is 2.71 bits per heavy atom. The van der Waals surface area contributed by atoms with E-state index in [1.807, 2.05) is 25.9 Å².